The summed E-state index contributed by atoms with van der Waals surface area (Å²) in [5, 5.41) is 0. The number of ether oxygens (including phenoxy) is 1. The minimum Gasteiger partial charge on any atom is -0.461 e. The lowest BCUT2D eigenvalue weighted by Gasteiger charge is -2.58. The van der Waals surface area contributed by atoms with Crippen molar-refractivity contribution in [3.8, 4) is 0 Å². The number of fused-ring (bicyclic) bond motifs is 5. The number of allylic oxidation sites excluding steroid dienone is 1. The van der Waals surface area contributed by atoms with Crippen molar-refractivity contribution in [2.24, 2.45) is 52.1 Å². The van der Waals surface area contributed by atoms with E-state index in [1.807, 2.05) is 0 Å². The highest BCUT2D eigenvalue weighted by atomic mass is 16.5. The summed E-state index contributed by atoms with van der Waals surface area (Å²) in [7, 11) is 0. The van der Waals surface area contributed by atoms with Crippen molar-refractivity contribution in [3.63, 3.8) is 0 Å². The third-order valence-corrected chi connectivity index (χ3v) is 15.0. The quantitative estimate of drug-likeness (QED) is 0.115. The van der Waals surface area contributed by atoms with E-state index in [-0.39, 0.29) is 17.5 Å². The molecule has 3 saturated carbocycles. The third-order valence-electron chi connectivity index (χ3n) is 15.0. The highest BCUT2D eigenvalue weighted by Gasteiger charge is 2.59. The van der Waals surface area contributed by atoms with E-state index >= 15 is 0 Å². The summed E-state index contributed by atoms with van der Waals surface area (Å²) in [6, 6.07) is 21.3. The Labute approximate surface area is 329 Å². The number of hydrogen-bond donors (Lipinski definition) is 1. The molecule has 298 valence electrons. The average molecular weight is 738 g/mol. The molecule has 2 aromatic carbocycles. The fourth-order valence-corrected chi connectivity index (χ4v) is 12.2. The number of esters is 1. The van der Waals surface area contributed by atoms with Gasteiger partial charge in [-0.2, -0.15) is 0 Å². The molecule has 0 aliphatic heterocycles. The Balaban J connectivity index is 1.04. The summed E-state index contributed by atoms with van der Waals surface area (Å²) in [6.45, 7) is 18.2. The SMILES string of the molecule is CC(C)CCC[C@@H](C)[C@H]1CCC2C3CC=C4CC(OC(=O)CN(CCCN(CCCN)Cc5ccccc5)Cc5ccccc5)CC[C@]4(C)C3CC[C@@]21C. The zero-order chi connectivity index (χ0) is 38.1. The maximum absolute atomic E-state index is 13.7. The highest BCUT2D eigenvalue weighted by Crippen LogP contribution is 2.67. The van der Waals surface area contributed by atoms with Crippen LogP contribution in [0.25, 0.3) is 0 Å². The molecule has 2 aromatic rings. The maximum Gasteiger partial charge on any atom is 0.320 e. The predicted octanol–water partition coefficient (Wildman–Crippen LogP) is 10.7. The second-order valence-electron chi connectivity index (χ2n) is 19.1. The van der Waals surface area contributed by atoms with Gasteiger partial charge in [-0.15, -0.1) is 0 Å². The van der Waals surface area contributed by atoms with Crippen LogP contribution in [0.15, 0.2) is 72.3 Å². The van der Waals surface area contributed by atoms with Crippen LogP contribution >= 0.6 is 0 Å². The van der Waals surface area contributed by atoms with Gasteiger partial charge in [0.05, 0.1) is 6.54 Å². The number of hydrogen-bond acceptors (Lipinski definition) is 5. The molecule has 0 amide bonds. The van der Waals surface area contributed by atoms with Gasteiger partial charge in [0.25, 0.3) is 0 Å². The van der Waals surface area contributed by atoms with Crippen LogP contribution in [-0.2, 0) is 22.6 Å². The van der Waals surface area contributed by atoms with Crippen molar-refractivity contribution in [1.29, 1.82) is 0 Å². The first kappa shape index (κ1) is 41.2. The van der Waals surface area contributed by atoms with Gasteiger partial charge in [-0.25, -0.2) is 0 Å². The van der Waals surface area contributed by atoms with Crippen LogP contribution in [-0.4, -0.2) is 54.6 Å². The molecule has 4 aliphatic rings. The Morgan fingerprint density at radius 3 is 2.15 bits per heavy atom. The molecular formula is C49H75N3O2. The normalized spacial score (nSPS) is 29.8. The number of rotatable bonds is 19. The molecule has 54 heavy (non-hydrogen) atoms. The van der Waals surface area contributed by atoms with E-state index in [1.165, 1.54) is 62.5 Å². The van der Waals surface area contributed by atoms with Crippen molar-refractivity contribution in [2.75, 3.05) is 32.7 Å². The Bertz CT molecular complexity index is 1480. The predicted molar refractivity (Wildman–Crippen MR) is 225 cm³/mol. The van der Waals surface area contributed by atoms with Gasteiger partial charge in [-0.05, 0) is 135 Å². The summed E-state index contributed by atoms with van der Waals surface area (Å²) >= 11 is 0. The van der Waals surface area contributed by atoms with Crippen molar-refractivity contribution in [2.45, 2.75) is 137 Å². The number of nitrogens with zero attached hydrogens (tertiary/aromatic N) is 2. The number of benzene rings is 2. The second-order valence-corrected chi connectivity index (χ2v) is 19.1. The smallest absolute Gasteiger partial charge is 0.320 e. The van der Waals surface area contributed by atoms with Crippen LogP contribution in [0.5, 0.6) is 0 Å². The molecule has 4 aliphatic carbocycles. The van der Waals surface area contributed by atoms with Gasteiger partial charge in [0, 0.05) is 26.1 Å². The third kappa shape index (κ3) is 10.1. The molecule has 0 radical (unpaired) electrons. The Morgan fingerprint density at radius 2 is 1.46 bits per heavy atom. The zero-order valence-corrected chi connectivity index (χ0v) is 34.8. The maximum atomic E-state index is 13.7. The molecule has 8 atom stereocenters. The van der Waals surface area contributed by atoms with Gasteiger partial charge in [0.2, 0.25) is 0 Å². The van der Waals surface area contributed by atoms with E-state index in [9.17, 15) is 4.79 Å². The molecule has 4 unspecified atom stereocenters. The van der Waals surface area contributed by atoms with Crippen LogP contribution in [0.2, 0.25) is 0 Å². The zero-order valence-electron chi connectivity index (χ0n) is 34.8. The molecule has 5 nitrogen and oxygen atoms in total. The lowest BCUT2D eigenvalue weighted by atomic mass is 9.47. The molecular weight excluding hydrogens is 663 g/mol. The largest absolute Gasteiger partial charge is 0.461 e. The van der Waals surface area contributed by atoms with Crippen LogP contribution in [0.3, 0.4) is 0 Å². The van der Waals surface area contributed by atoms with Crippen LogP contribution in [0, 0.1) is 46.3 Å². The number of carbonyl (C=O) groups is 1. The van der Waals surface area contributed by atoms with E-state index in [1.54, 1.807) is 5.57 Å². The first-order valence-electron chi connectivity index (χ1n) is 22.2. The standard InChI is InChI=1S/C49H75N3O2/c1-37(2)15-12-16-38(3)44-23-24-45-43-22-21-41-33-42(25-27-48(41,4)46(43)26-28-49(44,45)5)54-47(53)36-52(35-40-19-10-7-11-20-40)32-14-31-51(30-13-29-50)34-39-17-8-6-9-18-39/h6-11,17-21,37-38,42-46H,12-16,22-36,50H2,1-5H3/t38-,42?,43?,44-,45?,46?,48+,49-/m1/s1. The van der Waals surface area contributed by atoms with E-state index < -0.39 is 0 Å². The van der Waals surface area contributed by atoms with Crippen LogP contribution in [0.1, 0.15) is 129 Å². The minimum absolute atomic E-state index is 0.000910. The molecule has 3 fully saturated rings. The molecule has 0 bridgehead atoms. The lowest BCUT2D eigenvalue weighted by molar-refractivity contribution is -0.153. The number of carbonyl (C=O) groups excluding carboxylic acids is 1. The van der Waals surface area contributed by atoms with Crippen molar-refractivity contribution in [3.05, 3.63) is 83.4 Å². The monoisotopic (exact) mass is 738 g/mol. The first-order valence-corrected chi connectivity index (χ1v) is 22.2. The summed E-state index contributed by atoms with van der Waals surface area (Å²) < 4.78 is 6.38. The fraction of sp³-hybridized carbons (Fsp3) is 0.694. The van der Waals surface area contributed by atoms with Crippen molar-refractivity contribution < 1.29 is 9.53 Å². The molecule has 5 heteroatoms. The second kappa shape index (κ2) is 19.1. The fourth-order valence-electron chi connectivity index (χ4n) is 12.2. The van der Waals surface area contributed by atoms with Gasteiger partial charge in [-0.1, -0.05) is 126 Å². The summed E-state index contributed by atoms with van der Waals surface area (Å²) in [5.74, 6) is 5.00. The minimum atomic E-state index is -0.0639. The lowest BCUT2D eigenvalue weighted by Crippen LogP contribution is -2.51. The van der Waals surface area contributed by atoms with Crippen LogP contribution in [0.4, 0.5) is 0 Å². The summed E-state index contributed by atoms with van der Waals surface area (Å²) in [5.41, 5.74) is 10.9. The highest BCUT2D eigenvalue weighted by molar-refractivity contribution is 5.72. The van der Waals surface area contributed by atoms with Gasteiger partial charge >= 0.3 is 5.97 Å². The van der Waals surface area contributed by atoms with Crippen molar-refractivity contribution >= 4 is 5.97 Å². The first-order chi connectivity index (χ1) is 26.1. The molecule has 0 spiro atoms. The number of nitrogens with two attached hydrogens (primary N) is 1. The molecule has 0 aromatic heterocycles. The average Bonchev–Trinajstić information content (AvgIpc) is 3.52. The van der Waals surface area contributed by atoms with Gasteiger partial charge in [0.15, 0.2) is 0 Å². The van der Waals surface area contributed by atoms with Crippen LogP contribution < -0.4 is 5.73 Å². The van der Waals surface area contributed by atoms with Gasteiger partial charge < -0.3 is 10.5 Å². The Hall–Kier alpha value is -2.47. The topological polar surface area (TPSA) is 58.8 Å². The van der Waals surface area contributed by atoms with Gasteiger partial charge in [0.1, 0.15) is 6.10 Å². The molecule has 6 rings (SSSR count). The Kier molecular flexibility index (Phi) is 14.6. The summed E-state index contributed by atoms with van der Waals surface area (Å²) in [6.07, 6.45) is 18.8. The van der Waals surface area contributed by atoms with E-state index in [4.69, 9.17) is 10.5 Å². The van der Waals surface area contributed by atoms with Gasteiger partial charge in [-0.3, -0.25) is 14.6 Å². The van der Waals surface area contributed by atoms with Crippen molar-refractivity contribution in [1.82, 2.24) is 9.80 Å². The molecule has 0 heterocycles. The molecule has 2 N–H and O–H groups in total. The van der Waals surface area contributed by atoms with E-state index in [0.717, 1.165) is 100 Å². The van der Waals surface area contributed by atoms with E-state index in [2.05, 4.69) is 111 Å². The summed E-state index contributed by atoms with van der Waals surface area (Å²) in [4.78, 5) is 18.5. The molecule has 0 saturated heterocycles. The van der Waals surface area contributed by atoms with E-state index in [0.29, 0.717) is 18.5 Å². The Morgan fingerprint density at radius 1 is 0.796 bits per heavy atom.